The molecule has 2 aromatic rings. The molecule has 1 aliphatic heterocycles. The number of halogens is 1. The molecular formula is C27H37FN4O2. The second kappa shape index (κ2) is 12.3. The molecule has 1 N–H and O–H groups in total. The highest BCUT2D eigenvalue weighted by Crippen LogP contribution is 2.27. The predicted octanol–water partition coefficient (Wildman–Crippen LogP) is 3.75. The number of aromatic nitrogens is 1. The van der Waals surface area contributed by atoms with Gasteiger partial charge in [-0.25, -0.2) is 9.37 Å². The van der Waals surface area contributed by atoms with Gasteiger partial charge in [-0.2, -0.15) is 0 Å². The lowest BCUT2D eigenvalue weighted by Gasteiger charge is -2.32. The van der Waals surface area contributed by atoms with Crippen molar-refractivity contribution in [3.8, 4) is 17.0 Å². The number of amides is 1. The summed E-state index contributed by atoms with van der Waals surface area (Å²) in [6, 6.07) is 8.78. The van der Waals surface area contributed by atoms with Gasteiger partial charge in [0.15, 0.2) is 5.82 Å². The molecule has 0 bridgehead atoms. The first-order valence-corrected chi connectivity index (χ1v) is 12.6. The Morgan fingerprint density at radius 1 is 1.15 bits per heavy atom. The second-order valence-electron chi connectivity index (χ2n) is 9.66. The van der Waals surface area contributed by atoms with E-state index in [0.29, 0.717) is 30.0 Å². The number of nitrogens with zero attached hydrogens (tertiary/aromatic N) is 3. The fraction of sp³-hybridized carbons (Fsp3) is 0.556. The van der Waals surface area contributed by atoms with E-state index in [1.54, 1.807) is 6.20 Å². The number of hydrogen-bond acceptors (Lipinski definition) is 5. The van der Waals surface area contributed by atoms with Crippen LogP contribution in [0.4, 0.5) is 4.39 Å². The molecule has 1 saturated heterocycles. The molecule has 2 fully saturated rings. The SMILES string of the molecule is CN1CCN(CCOc2cnc(-c3ccc(CC(=O)NCCC4CCCC4)cc3)c(F)c2)CC1. The molecule has 34 heavy (non-hydrogen) atoms. The van der Waals surface area contributed by atoms with E-state index in [2.05, 4.69) is 27.1 Å². The summed E-state index contributed by atoms with van der Waals surface area (Å²) in [5.41, 5.74) is 1.89. The van der Waals surface area contributed by atoms with Crippen LogP contribution < -0.4 is 10.1 Å². The average Bonchev–Trinajstić information content (AvgIpc) is 3.35. The van der Waals surface area contributed by atoms with E-state index in [1.165, 1.54) is 31.7 Å². The molecule has 1 saturated carbocycles. The van der Waals surface area contributed by atoms with Crippen LogP contribution in [0.3, 0.4) is 0 Å². The number of hydrogen-bond donors (Lipinski definition) is 1. The lowest BCUT2D eigenvalue weighted by molar-refractivity contribution is -0.120. The number of carbonyl (C=O) groups excluding carboxylic acids is 1. The number of piperazine rings is 1. The van der Waals surface area contributed by atoms with Gasteiger partial charge in [0.1, 0.15) is 18.1 Å². The zero-order chi connectivity index (χ0) is 23.8. The Kier molecular flexibility index (Phi) is 8.88. The van der Waals surface area contributed by atoms with Gasteiger partial charge in [-0.05, 0) is 24.9 Å². The Morgan fingerprint density at radius 2 is 1.88 bits per heavy atom. The Labute approximate surface area is 202 Å². The van der Waals surface area contributed by atoms with Crippen LogP contribution in [0.2, 0.25) is 0 Å². The number of likely N-dealkylation sites (N-methyl/N-ethyl adjacent to an activating group) is 1. The van der Waals surface area contributed by atoms with Gasteiger partial charge < -0.3 is 15.0 Å². The third kappa shape index (κ3) is 7.24. The van der Waals surface area contributed by atoms with Crippen molar-refractivity contribution in [1.29, 1.82) is 0 Å². The predicted molar refractivity (Wildman–Crippen MR) is 132 cm³/mol. The maximum absolute atomic E-state index is 14.7. The number of rotatable bonds is 10. The number of nitrogens with one attached hydrogen (secondary N) is 1. The molecule has 0 unspecified atom stereocenters. The Morgan fingerprint density at radius 3 is 2.59 bits per heavy atom. The number of carbonyl (C=O) groups is 1. The number of pyridine rings is 1. The monoisotopic (exact) mass is 468 g/mol. The Bertz CT molecular complexity index is 923. The minimum absolute atomic E-state index is 0.0353. The van der Waals surface area contributed by atoms with Crippen molar-refractivity contribution in [2.45, 2.75) is 38.5 Å². The van der Waals surface area contributed by atoms with Crippen LogP contribution in [0.1, 0.15) is 37.7 Å². The molecule has 0 atom stereocenters. The minimum atomic E-state index is -0.408. The fourth-order valence-electron chi connectivity index (χ4n) is 4.82. The summed E-state index contributed by atoms with van der Waals surface area (Å²) >= 11 is 0. The summed E-state index contributed by atoms with van der Waals surface area (Å²) in [6.07, 6.45) is 8.23. The van der Waals surface area contributed by atoms with Crippen molar-refractivity contribution in [3.05, 3.63) is 47.9 Å². The summed E-state index contributed by atoms with van der Waals surface area (Å²) in [7, 11) is 2.13. The molecule has 1 aromatic carbocycles. The van der Waals surface area contributed by atoms with Crippen LogP contribution in [0, 0.1) is 11.7 Å². The van der Waals surface area contributed by atoms with Gasteiger partial charge in [-0.1, -0.05) is 49.9 Å². The van der Waals surface area contributed by atoms with Crippen LogP contribution in [0.5, 0.6) is 5.75 Å². The second-order valence-corrected chi connectivity index (χ2v) is 9.66. The van der Waals surface area contributed by atoms with Crippen molar-refractivity contribution in [2.24, 2.45) is 5.92 Å². The quantitative estimate of drug-likeness (QED) is 0.576. The molecule has 0 radical (unpaired) electrons. The van der Waals surface area contributed by atoms with Crippen LogP contribution in [-0.2, 0) is 11.2 Å². The van der Waals surface area contributed by atoms with Crippen molar-refractivity contribution >= 4 is 5.91 Å². The van der Waals surface area contributed by atoms with Gasteiger partial charge in [0.2, 0.25) is 5.91 Å². The van der Waals surface area contributed by atoms with E-state index in [-0.39, 0.29) is 5.91 Å². The van der Waals surface area contributed by atoms with Crippen LogP contribution in [0.25, 0.3) is 11.3 Å². The third-order valence-electron chi connectivity index (χ3n) is 7.03. The highest BCUT2D eigenvalue weighted by Gasteiger charge is 2.16. The van der Waals surface area contributed by atoms with Crippen LogP contribution in [0.15, 0.2) is 36.5 Å². The van der Waals surface area contributed by atoms with E-state index >= 15 is 0 Å². The average molecular weight is 469 g/mol. The first-order valence-electron chi connectivity index (χ1n) is 12.6. The molecule has 4 rings (SSSR count). The molecule has 1 amide bonds. The zero-order valence-electron chi connectivity index (χ0n) is 20.3. The molecule has 0 spiro atoms. The zero-order valence-corrected chi connectivity index (χ0v) is 20.3. The van der Waals surface area contributed by atoms with Gasteiger partial charge in [-0.15, -0.1) is 0 Å². The van der Waals surface area contributed by atoms with Gasteiger partial charge in [-0.3, -0.25) is 9.69 Å². The maximum atomic E-state index is 14.7. The van der Waals surface area contributed by atoms with Gasteiger partial charge in [0.05, 0.1) is 12.6 Å². The standard InChI is InChI=1S/C27H37FN4O2/c1-31-12-14-32(15-13-31)16-17-34-24-19-25(28)27(30-20-24)23-8-6-22(7-9-23)18-26(33)29-11-10-21-4-2-3-5-21/h6-9,19-21H,2-5,10-18H2,1H3,(H,29,33). The summed E-state index contributed by atoms with van der Waals surface area (Å²) in [5, 5.41) is 3.03. The molecule has 184 valence electrons. The third-order valence-corrected chi connectivity index (χ3v) is 7.03. The molecule has 1 aromatic heterocycles. The highest BCUT2D eigenvalue weighted by atomic mass is 19.1. The van der Waals surface area contributed by atoms with E-state index in [1.807, 2.05) is 24.3 Å². The van der Waals surface area contributed by atoms with Crippen LogP contribution in [-0.4, -0.2) is 73.6 Å². The smallest absolute Gasteiger partial charge is 0.224 e. The summed E-state index contributed by atoms with van der Waals surface area (Å²) in [4.78, 5) is 21.2. The Balaban J connectivity index is 1.22. The molecule has 2 aliphatic rings. The minimum Gasteiger partial charge on any atom is -0.491 e. The van der Waals surface area contributed by atoms with Gasteiger partial charge in [0, 0.05) is 50.9 Å². The fourth-order valence-corrected chi connectivity index (χ4v) is 4.82. The topological polar surface area (TPSA) is 57.7 Å². The van der Waals surface area contributed by atoms with Gasteiger partial charge >= 0.3 is 0 Å². The first-order chi connectivity index (χ1) is 16.6. The maximum Gasteiger partial charge on any atom is 0.224 e. The molecule has 6 nitrogen and oxygen atoms in total. The van der Waals surface area contributed by atoms with E-state index in [0.717, 1.165) is 57.2 Å². The Hall–Kier alpha value is -2.51. The largest absolute Gasteiger partial charge is 0.491 e. The summed E-state index contributed by atoms with van der Waals surface area (Å²) in [6.45, 7) is 6.28. The van der Waals surface area contributed by atoms with Crippen molar-refractivity contribution in [1.82, 2.24) is 20.1 Å². The van der Waals surface area contributed by atoms with E-state index in [9.17, 15) is 9.18 Å². The lowest BCUT2D eigenvalue weighted by Crippen LogP contribution is -2.45. The lowest BCUT2D eigenvalue weighted by atomic mass is 10.0. The van der Waals surface area contributed by atoms with Gasteiger partial charge in [0.25, 0.3) is 0 Å². The van der Waals surface area contributed by atoms with E-state index in [4.69, 9.17) is 4.74 Å². The number of ether oxygens (including phenoxy) is 1. The molecule has 7 heteroatoms. The first kappa shape index (κ1) is 24.6. The summed E-state index contributed by atoms with van der Waals surface area (Å²) < 4.78 is 20.4. The number of benzene rings is 1. The van der Waals surface area contributed by atoms with E-state index < -0.39 is 5.82 Å². The summed E-state index contributed by atoms with van der Waals surface area (Å²) in [5.74, 6) is 0.847. The highest BCUT2D eigenvalue weighted by molar-refractivity contribution is 5.78. The van der Waals surface area contributed by atoms with Crippen molar-refractivity contribution in [3.63, 3.8) is 0 Å². The molecule has 1 aliphatic carbocycles. The molecule has 2 heterocycles. The van der Waals surface area contributed by atoms with Crippen molar-refractivity contribution in [2.75, 3.05) is 52.9 Å². The van der Waals surface area contributed by atoms with Crippen LogP contribution >= 0.6 is 0 Å². The molecular weight excluding hydrogens is 431 g/mol. The van der Waals surface area contributed by atoms with Crippen molar-refractivity contribution < 1.29 is 13.9 Å². The normalized spacial score (nSPS) is 17.7.